The van der Waals surface area contributed by atoms with Gasteiger partial charge in [0.25, 0.3) is 0 Å². The average Bonchev–Trinajstić information content (AvgIpc) is 2.25. The summed E-state index contributed by atoms with van der Waals surface area (Å²) in [6.45, 7) is 0. The van der Waals surface area contributed by atoms with Gasteiger partial charge in [-0.25, -0.2) is 4.39 Å². The van der Waals surface area contributed by atoms with Crippen LogP contribution in [-0.4, -0.2) is 18.2 Å². The number of hydrogen-bond donors (Lipinski definition) is 0. The molecule has 0 radical (unpaired) electrons. The molecule has 0 heterocycles. The summed E-state index contributed by atoms with van der Waals surface area (Å²) in [5, 5.41) is 0.760. The fourth-order valence-corrected chi connectivity index (χ4v) is 1.58. The SMILES string of the molecule is COc1c(F)cccc1C(=O)CCCBr. The summed E-state index contributed by atoms with van der Waals surface area (Å²) in [5.41, 5.74) is 0.318. The largest absolute Gasteiger partial charge is 0.493 e. The van der Waals surface area contributed by atoms with Crippen LogP contribution in [0.2, 0.25) is 0 Å². The maximum Gasteiger partial charge on any atom is 0.166 e. The van der Waals surface area contributed by atoms with E-state index in [0.717, 1.165) is 11.8 Å². The van der Waals surface area contributed by atoms with E-state index in [1.54, 1.807) is 6.07 Å². The van der Waals surface area contributed by atoms with E-state index in [1.807, 2.05) is 0 Å². The zero-order valence-electron chi connectivity index (χ0n) is 8.43. The highest BCUT2D eigenvalue weighted by atomic mass is 79.9. The van der Waals surface area contributed by atoms with Crippen LogP contribution in [0.1, 0.15) is 23.2 Å². The Morgan fingerprint density at radius 1 is 1.53 bits per heavy atom. The van der Waals surface area contributed by atoms with Gasteiger partial charge in [0, 0.05) is 11.8 Å². The normalized spacial score (nSPS) is 10.1. The summed E-state index contributed by atoms with van der Waals surface area (Å²) >= 11 is 3.24. The lowest BCUT2D eigenvalue weighted by Crippen LogP contribution is -2.03. The van der Waals surface area contributed by atoms with Crippen LogP contribution in [0.5, 0.6) is 5.75 Å². The molecular weight excluding hydrogens is 263 g/mol. The Hall–Kier alpha value is -0.900. The smallest absolute Gasteiger partial charge is 0.166 e. The van der Waals surface area contributed by atoms with Gasteiger partial charge in [0.15, 0.2) is 17.3 Å². The number of alkyl halides is 1. The molecule has 0 saturated heterocycles. The molecule has 0 aliphatic rings. The fraction of sp³-hybridized carbons (Fsp3) is 0.364. The molecule has 0 aliphatic carbocycles. The molecule has 1 rings (SSSR count). The van der Waals surface area contributed by atoms with Gasteiger partial charge in [-0.3, -0.25) is 4.79 Å². The number of para-hydroxylation sites is 1. The molecular formula is C11H12BrFO2. The van der Waals surface area contributed by atoms with Gasteiger partial charge >= 0.3 is 0 Å². The topological polar surface area (TPSA) is 26.3 Å². The van der Waals surface area contributed by atoms with E-state index in [4.69, 9.17) is 4.74 Å². The molecule has 0 saturated carbocycles. The monoisotopic (exact) mass is 274 g/mol. The van der Waals surface area contributed by atoms with E-state index in [1.165, 1.54) is 19.2 Å². The molecule has 0 aromatic heterocycles. The number of rotatable bonds is 5. The van der Waals surface area contributed by atoms with Crippen LogP contribution in [-0.2, 0) is 0 Å². The first-order valence-electron chi connectivity index (χ1n) is 4.62. The molecule has 0 amide bonds. The highest BCUT2D eigenvalue weighted by Gasteiger charge is 2.14. The molecule has 0 atom stereocenters. The van der Waals surface area contributed by atoms with Crippen LogP contribution in [0.15, 0.2) is 18.2 Å². The molecule has 2 nitrogen and oxygen atoms in total. The van der Waals surface area contributed by atoms with Crippen LogP contribution in [0.4, 0.5) is 4.39 Å². The summed E-state index contributed by atoms with van der Waals surface area (Å²) in [5.74, 6) is -0.551. The summed E-state index contributed by atoms with van der Waals surface area (Å²) in [4.78, 5) is 11.7. The van der Waals surface area contributed by atoms with Crippen molar-refractivity contribution in [2.75, 3.05) is 12.4 Å². The van der Waals surface area contributed by atoms with Crippen molar-refractivity contribution < 1.29 is 13.9 Å². The van der Waals surface area contributed by atoms with Crippen molar-refractivity contribution in [3.05, 3.63) is 29.6 Å². The quantitative estimate of drug-likeness (QED) is 0.609. The van der Waals surface area contributed by atoms with Gasteiger partial charge in [0.1, 0.15) is 0 Å². The minimum Gasteiger partial charge on any atom is -0.493 e. The Bertz CT molecular complexity index is 352. The van der Waals surface area contributed by atoms with Crippen molar-refractivity contribution in [3.63, 3.8) is 0 Å². The summed E-state index contributed by atoms with van der Waals surface area (Å²) in [6.07, 6.45) is 1.13. The molecule has 0 spiro atoms. The van der Waals surface area contributed by atoms with Crippen LogP contribution >= 0.6 is 15.9 Å². The Morgan fingerprint density at radius 2 is 2.27 bits per heavy atom. The molecule has 0 unspecified atom stereocenters. The highest BCUT2D eigenvalue weighted by molar-refractivity contribution is 9.09. The van der Waals surface area contributed by atoms with Crippen LogP contribution < -0.4 is 4.74 Å². The lowest BCUT2D eigenvalue weighted by atomic mass is 10.1. The number of carbonyl (C=O) groups is 1. The number of methoxy groups -OCH3 is 1. The molecule has 0 fully saturated rings. The second kappa shape index (κ2) is 5.85. The molecule has 0 aliphatic heterocycles. The van der Waals surface area contributed by atoms with E-state index < -0.39 is 5.82 Å². The van der Waals surface area contributed by atoms with Gasteiger partial charge in [0.05, 0.1) is 12.7 Å². The standard InChI is InChI=1S/C11H12BrFO2/c1-15-11-8(4-2-5-9(11)13)10(14)6-3-7-12/h2,4-5H,3,6-7H2,1H3. The van der Waals surface area contributed by atoms with E-state index in [9.17, 15) is 9.18 Å². The first kappa shape index (κ1) is 12.2. The van der Waals surface area contributed by atoms with E-state index in [2.05, 4.69) is 15.9 Å². The first-order valence-corrected chi connectivity index (χ1v) is 5.74. The summed E-state index contributed by atoms with van der Waals surface area (Å²) in [7, 11) is 1.36. The zero-order valence-corrected chi connectivity index (χ0v) is 10.0. The molecule has 1 aromatic rings. The van der Waals surface area contributed by atoms with Crippen molar-refractivity contribution in [1.82, 2.24) is 0 Å². The number of Topliss-reactive ketones (excluding diaryl/α,β-unsaturated/α-hetero) is 1. The highest BCUT2D eigenvalue weighted by Crippen LogP contribution is 2.23. The van der Waals surface area contributed by atoms with Gasteiger partial charge in [-0.1, -0.05) is 22.0 Å². The minimum absolute atomic E-state index is 0.0390. The predicted molar refractivity (Wildman–Crippen MR) is 60.3 cm³/mol. The number of benzene rings is 1. The number of ether oxygens (including phenoxy) is 1. The van der Waals surface area contributed by atoms with Gasteiger partial charge in [-0.2, -0.15) is 0 Å². The number of halogens is 2. The second-order valence-corrected chi connectivity index (χ2v) is 3.83. The summed E-state index contributed by atoms with van der Waals surface area (Å²) < 4.78 is 18.1. The van der Waals surface area contributed by atoms with Gasteiger partial charge in [-0.15, -0.1) is 0 Å². The van der Waals surface area contributed by atoms with Gasteiger partial charge in [-0.05, 0) is 18.6 Å². The number of ketones is 1. The molecule has 4 heteroatoms. The van der Waals surface area contributed by atoms with E-state index in [0.29, 0.717) is 12.0 Å². The van der Waals surface area contributed by atoms with E-state index in [-0.39, 0.29) is 11.5 Å². The minimum atomic E-state index is -0.498. The molecule has 82 valence electrons. The van der Waals surface area contributed by atoms with Crippen LogP contribution in [0.3, 0.4) is 0 Å². The van der Waals surface area contributed by atoms with Crippen LogP contribution in [0, 0.1) is 5.82 Å². The lowest BCUT2D eigenvalue weighted by molar-refractivity contribution is 0.0978. The Balaban J connectivity index is 2.92. The molecule has 15 heavy (non-hydrogen) atoms. The van der Waals surface area contributed by atoms with Crippen molar-refractivity contribution >= 4 is 21.7 Å². The third-order valence-corrected chi connectivity index (χ3v) is 2.57. The average molecular weight is 275 g/mol. The summed E-state index contributed by atoms with van der Waals surface area (Å²) in [6, 6.07) is 4.37. The van der Waals surface area contributed by atoms with Gasteiger partial charge in [0.2, 0.25) is 0 Å². The van der Waals surface area contributed by atoms with E-state index >= 15 is 0 Å². The number of hydrogen-bond acceptors (Lipinski definition) is 2. The maximum atomic E-state index is 13.2. The Kier molecular flexibility index (Phi) is 4.75. The molecule has 0 bridgehead atoms. The predicted octanol–water partition coefficient (Wildman–Crippen LogP) is 3.19. The third kappa shape index (κ3) is 3.02. The maximum absolute atomic E-state index is 13.2. The van der Waals surface area contributed by atoms with Gasteiger partial charge < -0.3 is 4.74 Å². The fourth-order valence-electron chi connectivity index (χ4n) is 1.30. The van der Waals surface area contributed by atoms with Crippen LogP contribution in [0.25, 0.3) is 0 Å². The molecule has 0 N–H and O–H groups in total. The Morgan fingerprint density at radius 3 is 2.87 bits per heavy atom. The zero-order chi connectivity index (χ0) is 11.3. The Labute approximate surface area is 96.6 Å². The van der Waals surface area contributed by atoms with Crippen molar-refractivity contribution in [1.29, 1.82) is 0 Å². The van der Waals surface area contributed by atoms with Crippen molar-refractivity contribution in [2.24, 2.45) is 0 Å². The van der Waals surface area contributed by atoms with Crippen molar-refractivity contribution in [3.8, 4) is 5.75 Å². The van der Waals surface area contributed by atoms with Crippen molar-refractivity contribution in [2.45, 2.75) is 12.8 Å². The first-order chi connectivity index (χ1) is 7.20. The lowest BCUT2D eigenvalue weighted by Gasteiger charge is -2.07. The second-order valence-electron chi connectivity index (χ2n) is 3.04. The number of carbonyl (C=O) groups excluding carboxylic acids is 1. The third-order valence-electron chi connectivity index (χ3n) is 2.01. The molecule has 1 aromatic carbocycles.